The Morgan fingerprint density at radius 2 is 1.29 bits per heavy atom. The van der Waals surface area contributed by atoms with Crippen LogP contribution in [-0.4, -0.2) is 17.7 Å². The lowest BCUT2D eigenvalue weighted by Crippen LogP contribution is -2.49. The molecule has 3 aromatic carbocycles. The molecule has 4 rings (SSSR count). The van der Waals surface area contributed by atoms with Gasteiger partial charge in [-0.15, -0.1) is 0 Å². The Morgan fingerprint density at radius 3 is 1.90 bits per heavy atom. The molecule has 0 aliphatic carbocycles. The van der Waals surface area contributed by atoms with Gasteiger partial charge in [0.25, 0.3) is 0 Å². The highest BCUT2D eigenvalue weighted by Gasteiger charge is 2.28. The Balaban J connectivity index is 1.63. The van der Waals surface area contributed by atoms with Crippen molar-refractivity contribution in [2.24, 2.45) is 9.98 Å². The number of guanidine groups is 2. The summed E-state index contributed by atoms with van der Waals surface area (Å²) in [5.41, 5.74) is 5.07. The molecule has 0 spiro atoms. The van der Waals surface area contributed by atoms with Gasteiger partial charge in [-0.05, 0) is 73.5 Å². The maximum absolute atomic E-state index is 6.02. The first-order chi connectivity index (χ1) is 14.9. The summed E-state index contributed by atoms with van der Waals surface area (Å²) in [7, 11) is 0. The molecule has 0 bridgehead atoms. The predicted octanol–water partition coefficient (Wildman–Crippen LogP) is 5.58. The average Bonchev–Trinajstić information content (AvgIpc) is 2.69. The molecule has 31 heavy (non-hydrogen) atoms. The van der Waals surface area contributed by atoms with E-state index in [0.29, 0.717) is 16.9 Å². The zero-order chi connectivity index (χ0) is 21.8. The summed E-state index contributed by atoms with van der Waals surface area (Å²) >= 11 is 6.02. The van der Waals surface area contributed by atoms with E-state index in [1.807, 2.05) is 55.5 Å². The summed E-state index contributed by atoms with van der Waals surface area (Å²) in [6.07, 6.45) is 0. The van der Waals surface area contributed by atoms with E-state index in [4.69, 9.17) is 21.6 Å². The number of aliphatic imine (C=N–C) groups is 2. The maximum Gasteiger partial charge on any atom is 0.229 e. The first-order valence-corrected chi connectivity index (χ1v) is 10.4. The van der Waals surface area contributed by atoms with Crippen LogP contribution in [-0.2, 0) is 0 Å². The lowest BCUT2D eigenvalue weighted by atomic mass is 10.2. The molecule has 1 aliphatic rings. The molecule has 0 amide bonds. The largest absolute Gasteiger partial charge is 0.343 e. The zero-order valence-electron chi connectivity index (χ0n) is 17.7. The van der Waals surface area contributed by atoms with E-state index in [0.717, 1.165) is 28.2 Å². The van der Waals surface area contributed by atoms with E-state index in [1.165, 1.54) is 0 Å². The molecule has 158 valence electrons. The number of hydrogen-bond donors (Lipinski definition) is 4. The molecule has 6 nitrogen and oxygen atoms in total. The van der Waals surface area contributed by atoms with Crippen molar-refractivity contribution >= 4 is 40.6 Å². The number of nitrogens with one attached hydrogen (secondary N) is 4. The van der Waals surface area contributed by atoms with Crippen LogP contribution in [0.2, 0.25) is 5.02 Å². The van der Waals surface area contributed by atoms with Crippen LogP contribution in [0.1, 0.15) is 18.1 Å². The normalized spacial score (nSPS) is 17.8. The molecule has 0 fully saturated rings. The SMILES string of the molecule is Cc1cccc(NC2=NC(C)(Nc3cccc(C)c3)N=C(Nc3ccc(Cl)cc3)N2)c1. The van der Waals surface area contributed by atoms with Gasteiger partial charge >= 0.3 is 0 Å². The van der Waals surface area contributed by atoms with E-state index in [9.17, 15) is 0 Å². The Hall–Kier alpha value is -3.51. The van der Waals surface area contributed by atoms with Crippen molar-refractivity contribution in [1.29, 1.82) is 0 Å². The fraction of sp³-hybridized carbons (Fsp3) is 0.167. The van der Waals surface area contributed by atoms with E-state index in [-0.39, 0.29) is 0 Å². The highest BCUT2D eigenvalue weighted by Crippen LogP contribution is 2.22. The summed E-state index contributed by atoms with van der Waals surface area (Å²) in [5.74, 6) is 0.231. The second-order valence-corrected chi connectivity index (χ2v) is 8.12. The third-order valence-corrected chi connectivity index (χ3v) is 4.93. The fourth-order valence-corrected chi connectivity index (χ4v) is 3.45. The van der Waals surface area contributed by atoms with E-state index < -0.39 is 5.79 Å². The molecule has 4 N–H and O–H groups in total. The number of halogens is 1. The van der Waals surface area contributed by atoms with E-state index >= 15 is 0 Å². The number of nitrogens with zero attached hydrogens (tertiary/aromatic N) is 2. The molecule has 0 aromatic heterocycles. The van der Waals surface area contributed by atoms with Crippen LogP contribution < -0.4 is 21.3 Å². The van der Waals surface area contributed by atoms with Crippen molar-refractivity contribution in [3.05, 3.63) is 88.9 Å². The van der Waals surface area contributed by atoms with Crippen LogP contribution in [0.4, 0.5) is 17.1 Å². The van der Waals surface area contributed by atoms with Gasteiger partial charge in [-0.3, -0.25) is 5.32 Å². The lowest BCUT2D eigenvalue weighted by molar-refractivity contribution is 0.559. The van der Waals surface area contributed by atoms with Crippen molar-refractivity contribution in [3.8, 4) is 0 Å². The van der Waals surface area contributed by atoms with Crippen LogP contribution in [0, 0.1) is 13.8 Å². The highest BCUT2D eigenvalue weighted by atomic mass is 35.5. The number of rotatable bonds is 4. The first-order valence-electron chi connectivity index (χ1n) is 10.0. The first kappa shape index (κ1) is 20.8. The Bertz CT molecular complexity index is 1140. The van der Waals surface area contributed by atoms with Gasteiger partial charge in [0, 0.05) is 29.0 Å². The van der Waals surface area contributed by atoms with Crippen molar-refractivity contribution in [3.63, 3.8) is 0 Å². The van der Waals surface area contributed by atoms with Gasteiger partial charge in [0.15, 0.2) is 0 Å². The molecule has 1 aliphatic heterocycles. The molecule has 1 unspecified atom stereocenters. The summed E-state index contributed by atoms with van der Waals surface area (Å²) in [6.45, 7) is 6.04. The van der Waals surface area contributed by atoms with E-state index in [1.54, 1.807) is 0 Å². The predicted molar refractivity (Wildman–Crippen MR) is 131 cm³/mol. The zero-order valence-corrected chi connectivity index (χ0v) is 18.5. The van der Waals surface area contributed by atoms with Crippen LogP contribution in [0.15, 0.2) is 82.8 Å². The van der Waals surface area contributed by atoms with Crippen LogP contribution in [0.5, 0.6) is 0 Å². The minimum absolute atomic E-state index is 0.565. The Morgan fingerprint density at radius 1 is 0.742 bits per heavy atom. The van der Waals surface area contributed by atoms with Gasteiger partial charge in [-0.2, -0.15) is 0 Å². The van der Waals surface area contributed by atoms with Crippen molar-refractivity contribution < 1.29 is 0 Å². The third-order valence-electron chi connectivity index (χ3n) is 4.68. The monoisotopic (exact) mass is 432 g/mol. The number of benzene rings is 3. The van der Waals surface area contributed by atoms with Crippen LogP contribution in [0.3, 0.4) is 0 Å². The maximum atomic E-state index is 6.02. The van der Waals surface area contributed by atoms with Crippen LogP contribution >= 0.6 is 11.6 Å². The van der Waals surface area contributed by atoms with Gasteiger partial charge in [0.1, 0.15) is 0 Å². The molecule has 0 radical (unpaired) electrons. The van der Waals surface area contributed by atoms with Crippen molar-refractivity contribution in [2.45, 2.75) is 26.6 Å². The smallest absolute Gasteiger partial charge is 0.229 e. The van der Waals surface area contributed by atoms with Gasteiger partial charge in [-0.1, -0.05) is 35.9 Å². The molecule has 1 atom stereocenters. The van der Waals surface area contributed by atoms with E-state index in [2.05, 4.69) is 59.4 Å². The van der Waals surface area contributed by atoms with Gasteiger partial charge in [0.05, 0.1) is 0 Å². The fourth-order valence-electron chi connectivity index (χ4n) is 3.33. The van der Waals surface area contributed by atoms with Crippen LogP contribution in [0.25, 0.3) is 0 Å². The quantitative estimate of drug-likeness (QED) is 0.434. The molecule has 1 heterocycles. The Labute approximate surface area is 187 Å². The van der Waals surface area contributed by atoms with Gasteiger partial charge in [-0.25, -0.2) is 9.98 Å². The minimum Gasteiger partial charge on any atom is -0.343 e. The molecule has 7 heteroatoms. The molecular formula is C24H25ClN6. The minimum atomic E-state index is -0.917. The van der Waals surface area contributed by atoms with Gasteiger partial charge < -0.3 is 16.0 Å². The second-order valence-electron chi connectivity index (χ2n) is 7.69. The summed E-state index contributed by atoms with van der Waals surface area (Å²) in [4.78, 5) is 9.59. The topological polar surface area (TPSA) is 72.8 Å². The summed E-state index contributed by atoms with van der Waals surface area (Å²) in [5, 5.41) is 14.0. The standard InChI is InChI=1S/C24H25ClN6/c1-16-6-4-8-20(14-16)27-23-28-22(26-19-12-10-18(25)11-13-19)30-24(3,31-23)29-21-9-5-7-17(2)15-21/h4-15,29H,1-3H3,(H3,26,27,28,30,31). The molecular weight excluding hydrogens is 408 g/mol. The third kappa shape index (κ3) is 5.55. The summed E-state index contributed by atoms with van der Waals surface area (Å²) < 4.78 is 0. The lowest BCUT2D eigenvalue weighted by Gasteiger charge is -2.31. The van der Waals surface area contributed by atoms with Gasteiger partial charge in [0.2, 0.25) is 17.7 Å². The molecule has 0 saturated carbocycles. The van der Waals surface area contributed by atoms with Crippen molar-refractivity contribution in [1.82, 2.24) is 5.32 Å². The Kier molecular flexibility index (Phi) is 5.82. The molecule has 3 aromatic rings. The second kappa shape index (κ2) is 8.70. The van der Waals surface area contributed by atoms with Crippen molar-refractivity contribution in [2.75, 3.05) is 16.0 Å². The summed E-state index contributed by atoms with van der Waals surface area (Å²) in [6, 6.07) is 23.7. The number of aryl methyl sites for hydroxylation is 2. The molecule has 0 saturated heterocycles. The number of anilines is 3. The number of hydrogen-bond acceptors (Lipinski definition) is 6. The average molecular weight is 433 g/mol. The highest BCUT2D eigenvalue weighted by molar-refractivity contribution is 6.30.